The van der Waals surface area contributed by atoms with Crippen molar-refractivity contribution in [1.82, 2.24) is 0 Å². The summed E-state index contributed by atoms with van der Waals surface area (Å²) in [6.07, 6.45) is 1.06. The van der Waals surface area contributed by atoms with Crippen LogP contribution in [0.25, 0.3) is 0 Å². The second-order valence-corrected chi connectivity index (χ2v) is 9.20. The lowest BCUT2D eigenvalue weighted by atomic mass is 10.1. The maximum Gasteiger partial charge on any atom is 0.261 e. The van der Waals surface area contributed by atoms with E-state index in [0.29, 0.717) is 42.1 Å². The third kappa shape index (κ3) is 6.57. The van der Waals surface area contributed by atoms with Gasteiger partial charge in [0.15, 0.2) is 0 Å². The average Bonchev–Trinajstić information content (AvgIpc) is 2.79. The predicted molar refractivity (Wildman–Crippen MR) is 128 cm³/mol. The average molecular weight is 464 g/mol. The molecule has 0 saturated heterocycles. The van der Waals surface area contributed by atoms with Crippen LogP contribution in [-0.4, -0.2) is 20.9 Å². The van der Waals surface area contributed by atoms with E-state index in [-0.39, 0.29) is 10.8 Å². The van der Waals surface area contributed by atoms with E-state index in [0.717, 1.165) is 11.1 Å². The summed E-state index contributed by atoms with van der Waals surface area (Å²) in [4.78, 5) is 12.8. The zero-order valence-corrected chi connectivity index (χ0v) is 19.3. The number of carbonyl (C=O) groups is 1. The number of anilines is 2. The Balaban J connectivity index is 1.63. The molecule has 0 unspecified atom stereocenters. The maximum atomic E-state index is 12.7. The number of hydrogen-bond acceptors (Lipinski definition) is 5. The van der Waals surface area contributed by atoms with Crippen LogP contribution in [0, 0.1) is 25.2 Å². The fourth-order valence-electron chi connectivity index (χ4n) is 2.99. The summed E-state index contributed by atoms with van der Waals surface area (Å²) in [7, 11) is -3.73. The Labute approximate surface area is 194 Å². The smallest absolute Gasteiger partial charge is 0.261 e. The minimum absolute atomic E-state index is 0.183. The van der Waals surface area contributed by atoms with E-state index >= 15 is 0 Å². The van der Waals surface area contributed by atoms with Gasteiger partial charge in [0.25, 0.3) is 15.9 Å². The first-order valence-electron chi connectivity index (χ1n) is 10.4. The minimum Gasteiger partial charge on any atom is -0.493 e. The SMILES string of the molecule is Cc1ccc(S(=O)(=O)Nc2ccc(C(=O)Nc3cccc(OCCCC#N)c3)cc2)cc1C. The molecule has 0 atom stereocenters. The second-order valence-electron chi connectivity index (χ2n) is 7.52. The Morgan fingerprint density at radius 1 is 0.970 bits per heavy atom. The number of sulfonamides is 1. The Bertz CT molecular complexity index is 1280. The molecule has 2 N–H and O–H groups in total. The standard InChI is InChI=1S/C25H25N3O4S/c1-18-8-13-24(16-19(18)2)33(30,31)28-21-11-9-20(10-12-21)25(29)27-22-6-5-7-23(17-22)32-15-4-3-14-26/h5-13,16-17,28H,3-4,15H2,1-2H3,(H,27,29). The van der Waals surface area contributed by atoms with E-state index in [1.54, 1.807) is 66.7 Å². The summed E-state index contributed by atoms with van der Waals surface area (Å²) in [5.41, 5.74) is 3.21. The molecule has 7 nitrogen and oxygen atoms in total. The highest BCUT2D eigenvalue weighted by atomic mass is 32.2. The number of amides is 1. The van der Waals surface area contributed by atoms with Crippen LogP contribution in [0.3, 0.4) is 0 Å². The molecule has 8 heteroatoms. The predicted octanol–water partition coefficient (Wildman–Crippen LogP) is 5.04. The molecule has 0 radical (unpaired) electrons. The molecule has 0 aliphatic rings. The van der Waals surface area contributed by atoms with Crippen molar-refractivity contribution in [2.24, 2.45) is 0 Å². The molecular weight excluding hydrogens is 438 g/mol. The van der Waals surface area contributed by atoms with E-state index in [4.69, 9.17) is 10.00 Å². The van der Waals surface area contributed by atoms with Gasteiger partial charge in [0.2, 0.25) is 0 Å². The summed E-state index contributed by atoms with van der Waals surface area (Å²) < 4.78 is 33.4. The molecule has 170 valence electrons. The Morgan fingerprint density at radius 2 is 1.73 bits per heavy atom. The lowest BCUT2D eigenvalue weighted by molar-refractivity contribution is 0.102. The number of carbonyl (C=O) groups excluding carboxylic acids is 1. The minimum atomic E-state index is -3.73. The summed E-state index contributed by atoms with van der Waals surface area (Å²) in [6, 6.07) is 20.2. The number of rotatable bonds is 9. The van der Waals surface area contributed by atoms with Crippen LogP contribution in [0.4, 0.5) is 11.4 Å². The third-order valence-electron chi connectivity index (χ3n) is 4.98. The van der Waals surface area contributed by atoms with Gasteiger partial charge in [-0.2, -0.15) is 5.26 Å². The largest absolute Gasteiger partial charge is 0.493 e. The summed E-state index contributed by atoms with van der Waals surface area (Å²) in [5, 5.41) is 11.4. The molecule has 3 aromatic carbocycles. The molecule has 0 heterocycles. The van der Waals surface area contributed by atoms with E-state index in [1.807, 2.05) is 13.8 Å². The van der Waals surface area contributed by atoms with Gasteiger partial charge in [-0.15, -0.1) is 0 Å². The first kappa shape index (κ1) is 23.8. The van der Waals surface area contributed by atoms with Crippen molar-refractivity contribution < 1.29 is 17.9 Å². The van der Waals surface area contributed by atoms with Crippen molar-refractivity contribution in [3.8, 4) is 11.8 Å². The highest BCUT2D eigenvalue weighted by Crippen LogP contribution is 2.21. The molecule has 0 saturated carbocycles. The molecule has 3 aromatic rings. The van der Waals surface area contributed by atoms with E-state index in [2.05, 4.69) is 16.1 Å². The molecular formula is C25H25N3O4S. The van der Waals surface area contributed by atoms with Crippen LogP contribution in [0.15, 0.2) is 71.6 Å². The number of ether oxygens (including phenoxy) is 1. The van der Waals surface area contributed by atoms with E-state index < -0.39 is 10.0 Å². The van der Waals surface area contributed by atoms with Crippen LogP contribution >= 0.6 is 0 Å². The van der Waals surface area contributed by atoms with Gasteiger partial charge in [-0.25, -0.2) is 8.42 Å². The number of aryl methyl sites for hydroxylation is 2. The number of nitrogens with one attached hydrogen (secondary N) is 2. The molecule has 0 aliphatic carbocycles. The van der Waals surface area contributed by atoms with Crippen LogP contribution in [0.5, 0.6) is 5.75 Å². The van der Waals surface area contributed by atoms with Crippen LogP contribution in [0.2, 0.25) is 0 Å². The highest BCUT2D eigenvalue weighted by Gasteiger charge is 2.15. The molecule has 33 heavy (non-hydrogen) atoms. The van der Waals surface area contributed by atoms with Crippen molar-refractivity contribution in [3.05, 3.63) is 83.4 Å². The molecule has 0 fully saturated rings. The summed E-state index contributed by atoms with van der Waals surface area (Å²) in [5.74, 6) is 0.266. The number of unbranched alkanes of at least 4 members (excludes halogenated alkanes) is 1. The molecule has 0 spiro atoms. The number of nitrogens with zero attached hydrogens (tertiary/aromatic N) is 1. The zero-order valence-electron chi connectivity index (χ0n) is 18.5. The lowest BCUT2D eigenvalue weighted by Gasteiger charge is -2.11. The van der Waals surface area contributed by atoms with Crippen LogP contribution in [0.1, 0.15) is 34.3 Å². The van der Waals surface area contributed by atoms with Crippen molar-refractivity contribution in [2.75, 3.05) is 16.6 Å². The Kier molecular flexibility index (Phi) is 7.70. The van der Waals surface area contributed by atoms with Crippen molar-refractivity contribution in [2.45, 2.75) is 31.6 Å². The van der Waals surface area contributed by atoms with Gasteiger partial charge in [0, 0.05) is 29.4 Å². The fourth-order valence-corrected chi connectivity index (χ4v) is 4.14. The lowest BCUT2D eigenvalue weighted by Crippen LogP contribution is -2.14. The third-order valence-corrected chi connectivity index (χ3v) is 6.36. The molecule has 3 rings (SSSR count). The monoisotopic (exact) mass is 463 g/mol. The highest BCUT2D eigenvalue weighted by molar-refractivity contribution is 7.92. The molecule has 0 aliphatic heterocycles. The number of benzene rings is 3. The Hall–Kier alpha value is -3.83. The summed E-state index contributed by atoms with van der Waals surface area (Å²) >= 11 is 0. The van der Waals surface area contributed by atoms with Gasteiger partial charge in [0.1, 0.15) is 5.75 Å². The zero-order chi connectivity index (χ0) is 23.8. The van der Waals surface area contributed by atoms with Crippen LogP contribution in [-0.2, 0) is 10.0 Å². The van der Waals surface area contributed by atoms with Crippen molar-refractivity contribution in [3.63, 3.8) is 0 Å². The second kappa shape index (κ2) is 10.7. The van der Waals surface area contributed by atoms with Crippen LogP contribution < -0.4 is 14.8 Å². The van der Waals surface area contributed by atoms with Gasteiger partial charge in [-0.1, -0.05) is 12.1 Å². The maximum absolute atomic E-state index is 12.7. The molecule has 0 bridgehead atoms. The van der Waals surface area contributed by atoms with Gasteiger partial charge in [0.05, 0.1) is 17.6 Å². The molecule has 1 amide bonds. The number of hydrogen-bond donors (Lipinski definition) is 2. The van der Waals surface area contributed by atoms with E-state index in [1.165, 1.54) is 0 Å². The summed E-state index contributed by atoms with van der Waals surface area (Å²) in [6.45, 7) is 4.20. The van der Waals surface area contributed by atoms with Gasteiger partial charge < -0.3 is 10.1 Å². The van der Waals surface area contributed by atoms with Gasteiger partial charge in [-0.05, 0) is 79.9 Å². The number of nitriles is 1. The first-order valence-corrected chi connectivity index (χ1v) is 11.9. The Morgan fingerprint density at radius 3 is 2.42 bits per heavy atom. The van der Waals surface area contributed by atoms with Gasteiger partial charge in [-0.3, -0.25) is 9.52 Å². The topological polar surface area (TPSA) is 108 Å². The first-order chi connectivity index (χ1) is 15.8. The van der Waals surface area contributed by atoms with Crippen molar-refractivity contribution in [1.29, 1.82) is 5.26 Å². The normalized spacial score (nSPS) is 10.8. The van der Waals surface area contributed by atoms with Gasteiger partial charge >= 0.3 is 0 Å². The molecule has 0 aromatic heterocycles. The van der Waals surface area contributed by atoms with E-state index in [9.17, 15) is 13.2 Å². The quantitative estimate of drug-likeness (QED) is 0.432. The van der Waals surface area contributed by atoms with Crippen molar-refractivity contribution >= 4 is 27.3 Å². The fraction of sp³-hybridized carbons (Fsp3) is 0.200.